The zero-order chi connectivity index (χ0) is 10.9. The fraction of sp³-hybridized carbons (Fsp3) is 0.100. The van der Waals surface area contributed by atoms with Crippen LogP contribution < -0.4 is 0 Å². The van der Waals surface area contributed by atoms with Crippen molar-refractivity contribution in [3.63, 3.8) is 0 Å². The van der Waals surface area contributed by atoms with Crippen LogP contribution in [-0.2, 0) is 9.84 Å². The van der Waals surface area contributed by atoms with Crippen molar-refractivity contribution in [2.75, 3.05) is 6.26 Å². The monoisotopic (exact) mass is 223 g/mol. The van der Waals surface area contributed by atoms with Gasteiger partial charge in [0.15, 0.2) is 0 Å². The van der Waals surface area contributed by atoms with Gasteiger partial charge in [-0.05, 0) is 0 Å². The molecular formula is C10H9NO3S. The molecule has 4 nitrogen and oxygen atoms in total. The van der Waals surface area contributed by atoms with Gasteiger partial charge in [-0.2, -0.15) is 4.98 Å². The van der Waals surface area contributed by atoms with Gasteiger partial charge in [0.05, 0.1) is 0 Å². The van der Waals surface area contributed by atoms with Crippen molar-refractivity contribution in [1.29, 1.82) is 0 Å². The first-order chi connectivity index (χ1) is 7.07. The van der Waals surface area contributed by atoms with E-state index in [-0.39, 0.29) is 5.22 Å². The number of benzene rings is 1. The zero-order valence-electron chi connectivity index (χ0n) is 8.04. The molecular weight excluding hydrogens is 214 g/mol. The van der Waals surface area contributed by atoms with Crippen molar-refractivity contribution in [2.45, 2.75) is 5.22 Å². The molecule has 0 atom stereocenters. The molecule has 0 aliphatic carbocycles. The first-order valence-corrected chi connectivity index (χ1v) is 6.17. The number of hydrogen-bond donors (Lipinski definition) is 0. The van der Waals surface area contributed by atoms with E-state index < -0.39 is 9.84 Å². The second-order valence-corrected chi connectivity index (χ2v) is 5.03. The predicted molar refractivity (Wildman–Crippen MR) is 55.0 cm³/mol. The van der Waals surface area contributed by atoms with Gasteiger partial charge < -0.3 is 4.42 Å². The normalized spacial score (nSPS) is 11.5. The Hall–Kier alpha value is -1.62. The van der Waals surface area contributed by atoms with Gasteiger partial charge >= 0.3 is 5.22 Å². The molecule has 0 aliphatic heterocycles. The van der Waals surface area contributed by atoms with Crippen LogP contribution in [0.1, 0.15) is 0 Å². The van der Waals surface area contributed by atoms with Gasteiger partial charge in [0.2, 0.25) is 9.84 Å². The van der Waals surface area contributed by atoms with Gasteiger partial charge in [-0.15, -0.1) is 0 Å². The van der Waals surface area contributed by atoms with Gasteiger partial charge in [-0.25, -0.2) is 8.42 Å². The quantitative estimate of drug-likeness (QED) is 0.778. The van der Waals surface area contributed by atoms with Gasteiger partial charge in [0.1, 0.15) is 12.0 Å². The van der Waals surface area contributed by atoms with E-state index in [1.165, 1.54) is 6.26 Å². The SMILES string of the molecule is CS(=O)(=O)c1nc(-c2ccccc2)co1. The molecule has 0 aliphatic rings. The van der Waals surface area contributed by atoms with Gasteiger partial charge in [0, 0.05) is 11.8 Å². The molecule has 15 heavy (non-hydrogen) atoms. The summed E-state index contributed by atoms with van der Waals surface area (Å²) in [5.74, 6) is 0. The average Bonchev–Trinajstić information content (AvgIpc) is 2.67. The molecule has 0 saturated heterocycles. The second-order valence-electron chi connectivity index (χ2n) is 3.14. The summed E-state index contributed by atoms with van der Waals surface area (Å²) in [6.07, 6.45) is 2.40. The Morgan fingerprint density at radius 1 is 1.20 bits per heavy atom. The highest BCUT2D eigenvalue weighted by Gasteiger charge is 2.15. The third-order valence-electron chi connectivity index (χ3n) is 1.87. The molecule has 0 bridgehead atoms. The number of hydrogen-bond acceptors (Lipinski definition) is 4. The molecule has 0 unspecified atom stereocenters. The Bertz CT molecular complexity index is 557. The Balaban J connectivity index is 2.46. The molecule has 5 heteroatoms. The molecule has 2 aromatic rings. The Kier molecular flexibility index (Phi) is 2.32. The molecule has 0 amide bonds. The van der Waals surface area contributed by atoms with Crippen LogP contribution in [0.2, 0.25) is 0 Å². The topological polar surface area (TPSA) is 60.2 Å². The fourth-order valence-electron chi connectivity index (χ4n) is 1.17. The minimum absolute atomic E-state index is 0.249. The lowest BCUT2D eigenvalue weighted by Crippen LogP contribution is -1.96. The number of oxazole rings is 1. The average molecular weight is 223 g/mol. The number of aromatic nitrogens is 1. The molecule has 0 fully saturated rings. The zero-order valence-corrected chi connectivity index (χ0v) is 8.86. The molecule has 0 spiro atoms. The number of sulfone groups is 1. The molecule has 78 valence electrons. The molecule has 1 aromatic heterocycles. The summed E-state index contributed by atoms with van der Waals surface area (Å²) in [4.78, 5) is 3.90. The molecule has 1 aromatic carbocycles. The van der Waals surface area contributed by atoms with Crippen LogP contribution in [0.25, 0.3) is 11.3 Å². The van der Waals surface area contributed by atoms with E-state index in [1.807, 2.05) is 30.3 Å². The maximum absolute atomic E-state index is 11.1. The molecule has 2 rings (SSSR count). The van der Waals surface area contributed by atoms with Crippen LogP contribution in [-0.4, -0.2) is 19.7 Å². The van der Waals surface area contributed by atoms with E-state index in [0.717, 1.165) is 11.8 Å². The Morgan fingerprint density at radius 2 is 1.87 bits per heavy atom. The van der Waals surface area contributed by atoms with E-state index in [4.69, 9.17) is 4.42 Å². The van der Waals surface area contributed by atoms with Crippen molar-refractivity contribution < 1.29 is 12.8 Å². The van der Waals surface area contributed by atoms with E-state index in [2.05, 4.69) is 4.98 Å². The van der Waals surface area contributed by atoms with Crippen LogP contribution in [0.5, 0.6) is 0 Å². The van der Waals surface area contributed by atoms with E-state index >= 15 is 0 Å². The first kappa shape index (κ1) is 9.92. The minimum atomic E-state index is -3.37. The summed E-state index contributed by atoms with van der Waals surface area (Å²) in [7, 11) is -3.37. The third-order valence-corrected chi connectivity index (χ3v) is 2.69. The highest BCUT2D eigenvalue weighted by atomic mass is 32.2. The van der Waals surface area contributed by atoms with Crippen molar-refractivity contribution in [3.05, 3.63) is 36.6 Å². The molecule has 0 saturated carbocycles. The van der Waals surface area contributed by atoms with Crippen LogP contribution in [0.15, 0.2) is 46.2 Å². The van der Waals surface area contributed by atoms with E-state index in [1.54, 1.807) is 0 Å². The lowest BCUT2D eigenvalue weighted by atomic mass is 10.2. The highest BCUT2D eigenvalue weighted by Crippen LogP contribution is 2.19. The summed E-state index contributed by atoms with van der Waals surface area (Å²) < 4.78 is 27.1. The summed E-state index contributed by atoms with van der Waals surface area (Å²) >= 11 is 0. The summed E-state index contributed by atoms with van der Waals surface area (Å²) in [5, 5.41) is -0.249. The predicted octanol–water partition coefficient (Wildman–Crippen LogP) is 1.75. The van der Waals surface area contributed by atoms with E-state index in [9.17, 15) is 8.42 Å². The van der Waals surface area contributed by atoms with Gasteiger partial charge in [-0.3, -0.25) is 0 Å². The number of nitrogens with zero attached hydrogens (tertiary/aromatic N) is 1. The second kappa shape index (κ2) is 3.51. The fourth-order valence-corrected chi connectivity index (χ4v) is 1.66. The summed E-state index contributed by atoms with van der Waals surface area (Å²) in [6.45, 7) is 0. The maximum atomic E-state index is 11.1. The smallest absolute Gasteiger partial charge is 0.315 e. The third kappa shape index (κ3) is 2.07. The lowest BCUT2D eigenvalue weighted by molar-refractivity contribution is 0.432. The largest absolute Gasteiger partial charge is 0.436 e. The van der Waals surface area contributed by atoms with Crippen molar-refractivity contribution >= 4 is 9.84 Å². The Labute approximate surface area is 87.5 Å². The van der Waals surface area contributed by atoms with Crippen LogP contribution in [0.4, 0.5) is 0 Å². The lowest BCUT2D eigenvalue weighted by Gasteiger charge is -1.92. The summed E-state index contributed by atoms with van der Waals surface area (Å²) in [5.41, 5.74) is 1.35. The van der Waals surface area contributed by atoms with Crippen molar-refractivity contribution in [1.82, 2.24) is 4.98 Å². The van der Waals surface area contributed by atoms with Crippen molar-refractivity contribution in [3.8, 4) is 11.3 Å². The van der Waals surface area contributed by atoms with Crippen LogP contribution in [0.3, 0.4) is 0 Å². The minimum Gasteiger partial charge on any atom is -0.436 e. The van der Waals surface area contributed by atoms with E-state index in [0.29, 0.717) is 5.69 Å². The standard InChI is InChI=1S/C10H9NO3S/c1-15(12,13)10-11-9(7-14-10)8-5-3-2-4-6-8/h2-7H,1H3. The van der Waals surface area contributed by atoms with Gasteiger partial charge in [-0.1, -0.05) is 30.3 Å². The van der Waals surface area contributed by atoms with Gasteiger partial charge in [0.25, 0.3) is 0 Å². The van der Waals surface area contributed by atoms with Crippen LogP contribution in [0, 0.1) is 0 Å². The van der Waals surface area contributed by atoms with Crippen molar-refractivity contribution in [2.24, 2.45) is 0 Å². The maximum Gasteiger partial charge on any atom is 0.315 e. The molecule has 0 N–H and O–H groups in total. The summed E-state index contributed by atoms with van der Waals surface area (Å²) in [6, 6.07) is 9.25. The molecule has 1 heterocycles. The highest BCUT2D eigenvalue weighted by molar-refractivity contribution is 7.90. The Morgan fingerprint density at radius 3 is 2.40 bits per heavy atom. The first-order valence-electron chi connectivity index (χ1n) is 4.28. The molecule has 0 radical (unpaired) electrons. The number of rotatable bonds is 2. The van der Waals surface area contributed by atoms with Crippen LogP contribution >= 0.6 is 0 Å².